The number of carbonyl (C=O) groups is 4. The Morgan fingerprint density at radius 2 is 0.625 bits per heavy atom. The summed E-state index contributed by atoms with van der Waals surface area (Å²) in [6.07, 6.45) is 0.415. The van der Waals surface area contributed by atoms with Gasteiger partial charge in [-0.05, 0) is 27.7 Å². The van der Waals surface area contributed by atoms with Gasteiger partial charge in [-0.3, -0.25) is 19.2 Å². The second kappa shape index (κ2) is 17.2. The van der Waals surface area contributed by atoms with Crippen molar-refractivity contribution < 1.29 is 38.1 Å². The monoisotopic (exact) mass is 348 g/mol. The molecule has 0 unspecified atom stereocenters. The fourth-order valence-electron chi connectivity index (χ4n) is 1.34. The van der Waals surface area contributed by atoms with Gasteiger partial charge in [-0.25, -0.2) is 0 Å². The first-order chi connectivity index (χ1) is 11.4. The van der Waals surface area contributed by atoms with Crippen LogP contribution in [0.3, 0.4) is 0 Å². The molecule has 8 heteroatoms. The van der Waals surface area contributed by atoms with Gasteiger partial charge in [0.1, 0.15) is 0 Å². The number of hydrogen-bond donors (Lipinski definition) is 0. The molecule has 0 aromatic rings. The number of rotatable bonds is 10. The zero-order chi connectivity index (χ0) is 18.8. The quantitative estimate of drug-likeness (QED) is 0.434. The summed E-state index contributed by atoms with van der Waals surface area (Å²) in [6.45, 7) is 8.29. The lowest BCUT2D eigenvalue weighted by atomic mass is 10.3. The highest BCUT2D eigenvalue weighted by atomic mass is 16.5. The van der Waals surface area contributed by atoms with Crippen molar-refractivity contribution in [3.63, 3.8) is 0 Å². The van der Waals surface area contributed by atoms with Gasteiger partial charge in [0.05, 0.1) is 52.1 Å². The van der Waals surface area contributed by atoms with E-state index in [1.165, 1.54) is 0 Å². The molecule has 0 spiro atoms. The first kappa shape index (κ1) is 24.1. The van der Waals surface area contributed by atoms with Gasteiger partial charge < -0.3 is 18.9 Å². The molecule has 0 aliphatic rings. The average molecular weight is 348 g/mol. The van der Waals surface area contributed by atoms with Crippen LogP contribution in [0.5, 0.6) is 0 Å². The van der Waals surface area contributed by atoms with E-state index in [0.717, 1.165) is 0 Å². The topological polar surface area (TPSA) is 105 Å². The zero-order valence-electron chi connectivity index (χ0n) is 14.9. The van der Waals surface area contributed by atoms with Crippen molar-refractivity contribution in [2.24, 2.45) is 0 Å². The highest BCUT2D eigenvalue weighted by Gasteiger charge is 2.07. The van der Waals surface area contributed by atoms with Gasteiger partial charge >= 0.3 is 23.9 Å². The molecular formula is C16H28O8. The molecule has 0 aromatic carbocycles. The molecule has 0 rings (SSSR count). The Morgan fingerprint density at radius 1 is 0.458 bits per heavy atom. The molecule has 0 saturated carbocycles. The second-order valence-electron chi connectivity index (χ2n) is 4.22. The molecule has 0 heterocycles. The van der Waals surface area contributed by atoms with Gasteiger partial charge in [0.2, 0.25) is 0 Å². The molecule has 0 N–H and O–H groups in total. The third kappa shape index (κ3) is 17.9. The van der Waals surface area contributed by atoms with Crippen LogP contribution in [0.2, 0.25) is 0 Å². The van der Waals surface area contributed by atoms with E-state index in [4.69, 9.17) is 0 Å². The van der Waals surface area contributed by atoms with E-state index in [2.05, 4.69) is 18.9 Å². The van der Waals surface area contributed by atoms with Crippen molar-refractivity contribution in [2.75, 3.05) is 26.4 Å². The normalized spacial score (nSPS) is 9.17. The van der Waals surface area contributed by atoms with Crippen molar-refractivity contribution >= 4 is 23.9 Å². The summed E-state index contributed by atoms with van der Waals surface area (Å²) in [7, 11) is 0. The molecule has 0 saturated heterocycles. The molecule has 24 heavy (non-hydrogen) atoms. The maximum atomic E-state index is 10.7. The Hall–Kier alpha value is -2.12. The number of carbonyl (C=O) groups excluding carboxylic acids is 4. The Kier molecular flexibility index (Phi) is 17.3. The molecule has 0 aromatic heterocycles. The standard InChI is InChI=1S/2C8H14O4/c2*1-3-11-7(9)5-6-8(10)12-4-2/h2*3-6H2,1-2H3. The van der Waals surface area contributed by atoms with Crippen LogP contribution < -0.4 is 0 Å². The van der Waals surface area contributed by atoms with E-state index >= 15 is 0 Å². The SMILES string of the molecule is CCOC(=O)CCC(=O)OCC.CCOC(=O)CCC(=O)OCC. The second-order valence-corrected chi connectivity index (χ2v) is 4.22. The maximum absolute atomic E-state index is 10.7. The van der Waals surface area contributed by atoms with E-state index in [-0.39, 0.29) is 49.6 Å². The summed E-state index contributed by atoms with van der Waals surface area (Å²) in [5.74, 6) is -1.42. The summed E-state index contributed by atoms with van der Waals surface area (Å²) in [4.78, 5) is 42.9. The molecule has 0 aliphatic carbocycles. The van der Waals surface area contributed by atoms with Gasteiger partial charge in [-0.15, -0.1) is 0 Å². The van der Waals surface area contributed by atoms with Gasteiger partial charge in [0.15, 0.2) is 0 Å². The van der Waals surface area contributed by atoms with Crippen LogP contribution in [0.1, 0.15) is 53.4 Å². The van der Waals surface area contributed by atoms with Crippen LogP contribution in [0.15, 0.2) is 0 Å². The Labute approximate surface area is 142 Å². The molecule has 0 fully saturated rings. The maximum Gasteiger partial charge on any atom is 0.306 e. The molecule has 0 atom stereocenters. The van der Waals surface area contributed by atoms with Gasteiger partial charge in [0, 0.05) is 0 Å². The summed E-state index contributed by atoms with van der Waals surface area (Å²) in [5, 5.41) is 0. The molecule has 8 nitrogen and oxygen atoms in total. The predicted molar refractivity (Wildman–Crippen MR) is 85.0 cm³/mol. The fourth-order valence-corrected chi connectivity index (χ4v) is 1.34. The molecule has 0 bridgehead atoms. The minimum absolute atomic E-state index is 0.104. The van der Waals surface area contributed by atoms with Crippen LogP contribution in [0.25, 0.3) is 0 Å². The van der Waals surface area contributed by atoms with Crippen LogP contribution in [-0.2, 0) is 38.1 Å². The molecule has 140 valence electrons. The first-order valence-corrected chi connectivity index (χ1v) is 8.03. The summed E-state index contributed by atoms with van der Waals surface area (Å²) < 4.78 is 18.5. The van der Waals surface area contributed by atoms with Gasteiger partial charge in [-0.1, -0.05) is 0 Å². The lowest BCUT2D eigenvalue weighted by Crippen LogP contribution is -2.09. The van der Waals surface area contributed by atoms with Crippen molar-refractivity contribution in [3.05, 3.63) is 0 Å². The minimum Gasteiger partial charge on any atom is -0.466 e. The Morgan fingerprint density at radius 3 is 0.750 bits per heavy atom. The van der Waals surface area contributed by atoms with Gasteiger partial charge in [-0.2, -0.15) is 0 Å². The summed E-state index contributed by atoms with van der Waals surface area (Å²) in [6, 6.07) is 0. The highest BCUT2D eigenvalue weighted by molar-refractivity contribution is 5.78. The van der Waals surface area contributed by atoms with Crippen LogP contribution in [0.4, 0.5) is 0 Å². The van der Waals surface area contributed by atoms with Crippen LogP contribution >= 0.6 is 0 Å². The minimum atomic E-state index is -0.356. The lowest BCUT2D eigenvalue weighted by Gasteiger charge is -2.01. The first-order valence-electron chi connectivity index (χ1n) is 8.03. The molecule has 0 amide bonds. The molecule has 0 radical (unpaired) electrons. The van der Waals surface area contributed by atoms with Crippen molar-refractivity contribution in [1.82, 2.24) is 0 Å². The summed E-state index contributed by atoms with van der Waals surface area (Å²) >= 11 is 0. The number of esters is 4. The Balaban J connectivity index is 0. The van der Waals surface area contributed by atoms with E-state index in [9.17, 15) is 19.2 Å². The third-order valence-electron chi connectivity index (χ3n) is 2.29. The zero-order valence-corrected chi connectivity index (χ0v) is 14.9. The average Bonchev–Trinajstić information content (AvgIpc) is 2.53. The lowest BCUT2D eigenvalue weighted by molar-refractivity contribution is -0.149. The molecular weight excluding hydrogens is 320 g/mol. The fraction of sp³-hybridized carbons (Fsp3) is 0.750. The number of ether oxygens (including phenoxy) is 4. The third-order valence-corrected chi connectivity index (χ3v) is 2.29. The van der Waals surface area contributed by atoms with Crippen molar-refractivity contribution in [3.8, 4) is 0 Å². The Bertz CT molecular complexity index is 306. The van der Waals surface area contributed by atoms with E-state index in [0.29, 0.717) is 26.4 Å². The van der Waals surface area contributed by atoms with Crippen LogP contribution in [-0.4, -0.2) is 50.3 Å². The van der Waals surface area contributed by atoms with Crippen molar-refractivity contribution in [1.29, 1.82) is 0 Å². The highest BCUT2D eigenvalue weighted by Crippen LogP contribution is 1.96. The smallest absolute Gasteiger partial charge is 0.306 e. The largest absolute Gasteiger partial charge is 0.466 e. The van der Waals surface area contributed by atoms with Crippen molar-refractivity contribution in [2.45, 2.75) is 53.4 Å². The number of hydrogen-bond acceptors (Lipinski definition) is 8. The van der Waals surface area contributed by atoms with Crippen LogP contribution in [0, 0.1) is 0 Å². The van der Waals surface area contributed by atoms with Gasteiger partial charge in [0.25, 0.3) is 0 Å². The predicted octanol–water partition coefficient (Wildman–Crippen LogP) is 1.79. The van der Waals surface area contributed by atoms with E-state index in [1.807, 2.05) is 0 Å². The summed E-state index contributed by atoms with van der Waals surface area (Å²) in [5.41, 5.74) is 0. The van der Waals surface area contributed by atoms with E-state index < -0.39 is 0 Å². The molecule has 0 aliphatic heterocycles. The van der Waals surface area contributed by atoms with E-state index in [1.54, 1.807) is 27.7 Å².